The van der Waals surface area contributed by atoms with Crippen LogP contribution in [0.5, 0.6) is 0 Å². The van der Waals surface area contributed by atoms with E-state index >= 15 is 0 Å². The maximum Gasteiger partial charge on any atom is 0.304 e. The van der Waals surface area contributed by atoms with Gasteiger partial charge in [0.2, 0.25) is 0 Å². The van der Waals surface area contributed by atoms with Gasteiger partial charge in [-0.05, 0) is 36.6 Å². The molecule has 1 rings (SSSR count). The monoisotopic (exact) mass is 392 g/mol. The van der Waals surface area contributed by atoms with E-state index in [4.69, 9.17) is 26.6 Å². The van der Waals surface area contributed by atoms with Crippen LogP contribution >= 0.6 is 11.6 Å². The summed E-state index contributed by atoms with van der Waals surface area (Å²) in [5.41, 5.74) is 8.72. The topological polar surface area (TPSA) is 110 Å². The third kappa shape index (κ3) is 8.53. The summed E-state index contributed by atoms with van der Waals surface area (Å²) in [6.45, 7) is 2.85. The first-order valence-corrected chi connectivity index (χ1v) is 10.2. The first-order valence-electron chi connectivity index (χ1n) is 7.84. The van der Waals surface area contributed by atoms with Crippen molar-refractivity contribution in [2.75, 3.05) is 36.7 Å². The number of nitrogens with zero attached hydrogens (tertiary/aromatic N) is 1. The minimum Gasteiger partial charge on any atom is -0.481 e. The molecule has 0 aliphatic rings. The number of halogens is 1. The van der Waals surface area contributed by atoms with Crippen molar-refractivity contribution in [3.05, 3.63) is 29.3 Å². The third-order valence-corrected chi connectivity index (χ3v) is 4.39. The Kier molecular flexibility index (Phi) is 8.64. The molecule has 0 fully saturated rings. The molecular formula is C16H25ClN2O5S. The molecule has 142 valence electrons. The van der Waals surface area contributed by atoms with Crippen molar-refractivity contribution in [2.45, 2.75) is 25.8 Å². The van der Waals surface area contributed by atoms with Gasteiger partial charge in [-0.25, -0.2) is 0 Å². The average molecular weight is 393 g/mol. The highest BCUT2D eigenvalue weighted by molar-refractivity contribution is 7.85. The summed E-state index contributed by atoms with van der Waals surface area (Å²) in [6.07, 6.45) is 1.35. The Labute approximate surface area is 153 Å². The molecule has 0 saturated carbocycles. The number of rotatable bonds is 11. The van der Waals surface area contributed by atoms with Crippen LogP contribution in [-0.4, -0.2) is 57.4 Å². The summed E-state index contributed by atoms with van der Waals surface area (Å²) in [4.78, 5) is 12.7. The number of hydrogen-bond donors (Lipinski definition) is 2. The highest BCUT2D eigenvalue weighted by Crippen LogP contribution is 2.21. The van der Waals surface area contributed by atoms with Crippen molar-refractivity contribution in [1.29, 1.82) is 0 Å². The van der Waals surface area contributed by atoms with Crippen molar-refractivity contribution in [1.82, 2.24) is 0 Å². The Morgan fingerprint density at radius 3 is 2.64 bits per heavy atom. The van der Waals surface area contributed by atoms with Crippen LogP contribution in [0.1, 0.15) is 17.5 Å². The van der Waals surface area contributed by atoms with E-state index in [1.165, 1.54) is 0 Å². The van der Waals surface area contributed by atoms with E-state index in [0.717, 1.165) is 23.1 Å². The Balaban J connectivity index is 2.88. The molecule has 0 aromatic heterocycles. The maximum absolute atomic E-state index is 11.1. The highest BCUT2D eigenvalue weighted by Gasteiger charge is 2.14. The lowest BCUT2D eigenvalue weighted by Crippen LogP contribution is -2.30. The normalized spacial score (nSPS) is 12.8. The van der Waals surface area contributed by atoms with Crippen molar-refractivity contribution in [3.8, 4) is 0 Å². The van der Waals surface area contributed by atoms with Gasteiger partial charge in [0.1, 0.15) is 0 Å². The molecule has 9 heteroatoms. The fourth-order valence-corrected chi connectivity index (χ4v) is 3.01. The van der Waals surface area contributed by atoms with E-state index in [9.17, 15) is 13.2 Å². The average Bonchev–Trinajstić information content (AvgIpc) is 2.46. The second-order valence-electron chi connectivity index (χ2n) is 5.87. The van der Waals surface area contributed by atoms with Gasteiger partial charge in [-0.15, -0.1) is 11.6 Å². The molecule has 0 bridgehead atoms. The summed E-state index contributed by atoms with van der Waals surface area (Å²) >= 11 is 5.84. The summed E-state index contributed by atoms with van der Waals surface area (Å²) < 4.78 is 27.0. The highest BCUT2D eigenvalue weighted by atomic mass is 35.5. The molecule has 0 saturated heterocycles. The van der Waals surface area contributed by atoms with Gasteiger partial charge in [0.25, 0.3) is 10.1 Å². The number of carboxylic acids is 1. The van der Waals surface area contributed by atoms with Crippen molar-refractivity contribution in [3.63, 3.8) is 0 Å². The Bertz CT molecular complexity index is 681. The Hall–Kier alpha value is -1.35. The quantitative estimate of drug-likeness (QED) is 0.432. The number of carbonyl (C=O) groups is 1. The van der Waals surface area contributed by atoms with Crippen molar-refractivity contribution < 1.29 is 22.5 Å². The second kappa shape index (κ2) is 9.96. The van der Waals surface area contributed by atoms with Crippen LogP contribution in [0.2, 0.25) is 0 Å². The van der Waals surface area contributed by atoms with Crippen molar-refractivity contribution in [2.24, 2.45) is 5.73 Å². The zero-order chi connectivity index (χ0) is 19.0. The number of aliphatic carboxylic acids is 1. The number of carboxylic acid groups (broad SMARTS) is 1. The van der Waals surface area contributed by atoms with Crippen LogP contribution in [0.3, 0.4) is 0 Å². The molecule has 7 nitrogen and oxygen atoms in total. The molecule has 0 unspecified atom stereocenters. The van der Waals surface area contributed by atoms with Crippen LogP contribution in [-0.2, 0) is 25.5 Å². The smallest absolute Gasteiger partial charge is 0.304 e. The third-order valence-electron chi connectivity index (χ3n) is 3.63. The van der Waals surface area contributed by atoms with Crippen LogP contribution in [0.15, 0.2) is 18.2 Å². The minimum atomic E-state index is -3.49. The standard InChI is InChI=1S/C16H25ClN2O5S/c1-12-3-4-15(10-13(12)9-14(18)11-16(20)21)19(6-5-17)7-8-24-25(2,22)23/h3-4,10,14H,5-9,11,18H2,1-2H3,(H,20,21)/t14-/m1/s1. The van der Waals surface area contributed by atoms with E-state index in [-0.39, 0.29) is 13.0 Å². The largest absolute Gasteiger partial charge is 0.481 e. The van der Waals surface area contributed by atoms with E-state index in [2.05, 4.69) is 0 Å². The van der Waals surface area contributed by atoms with Gasteiger partial charge < -0.3 is 15.7 Å². The van der Waals surface area contributed by atoms with Crippen LogP contribution in [0.25, 0.3) is 0 Å². The fraction of sp³-hybridized carbons (Fsp3) is 0.562. The summed E-state index contributed by atoms with van der Waals surface area (Å²) in [5, 5.41) is 8.84. The number of nitrogens with two attached hydrogens (primary N) is 1. The van der Waals surface area contributed by atoms with Gasteiger partial charge in [0.15, 0.2) is 0 Å². The SMILES string of the molecule is Cc1ccc(N(CCCl)CCOS(C)(=O)=O)cc1C[C@@H](N)CC(=O)O. The van der Waals surface area contributed by atoms with Gasteiger partial charge >= 0.3 is 5.97 Å². The molecule has 1 atom stereocenters. The molecular weight excluding hydrogens is 368 g/mol. The lowest BCUT2D eigenvalue weighted by molar-refractivity contribution is -0.137. The molecule has 0 aliphatic heterocycles. The van der Waals surface area contributed by atoms with Gasteiger partial charge in [-0.3, -0.25) is 8.98 Å². The van der Waals surface area contributed by atoms with E-state index in [1.54, 1.807) is 0 Å². The zero-order valence-electron chi connectivity index (χ0n) is 14.4. The number of anilines is 1. The van der Waals surface area contributed by atoms with Gasteiger partial charge in [0.05, 0.1) is 19.3 Å². The molecule has 1 aromatic rings. The first kappa shape index (κ1) is 21.7. The predicted octanol–water partition coefficient (Wildman–Crippen LogP) is 1.36. The van der Waals surface area contributed by atoms with E-state index < -0.39 is 22.1 Å². The number of alkyl halides is 1. The number of benzene rings is 1. The minimum absolute atomic E-state index is 0.0253. The molecule has 0 radical (unpaired) electrons. The van der Waals surface area contributed by atoms with Crippen LogP contribution in [0.4, 0.5) is 5.69 Å². The van der Waals surface area contributed by atoms with E-state index in [0.29, 0.717) is 25.4 Å². The van der Waals surface area contributed by atoms with Gasteiger partial charge in [0, 0.05) is 30.7 Å². The predicted molar refractivity (Wildman–Crippen MR) is 98.8 cm³/mol. The molecule has 1 aromatic carbocycles. The molecule has 0 spiro atoms. The van der Waals surface area contributed by atoms with Crippen molar-refractivity contribution >= 4 is 33.4 Å². The maximum atomic E-state index is 11.1. The fourth-order valence-electron chi connectivity index (χ4n) is 2.42. The summed E-state index contributed by atoms with van der Waals surface area (Å²) in [5.74, 6) is -0.552. The zero-order valence-corrected chi connectivity index (χ0v) is 16.0. The van der Waals surface area contributed by atoms with Gasteiger partial charge in [-0.2, -0.15) is 8.42 Å². The molecule has 0 amide bonds. The molecule has 0 aliphatic carbocycles. The summed E-state index contributed by atoms with van der Waals surface area (Å²) in [7, 11) is -3.49. The number of hydrogen-bond acceptors (Lipinski definition) is 6. The Morgan fingerprint density at radius 2 is 2.08 bits per heavy atom. The molecule has 25 heavy (non-hydrogen) atoms. The lowest BCUT2D eigenvalue weighted by Gasteiger charge is -2.25. The first-order chi connectivity index (χ1) is 11.6. The molecule has 0 heterocycles. The van der Waals surface area contributed by atoms with E-state index in [1.807, 2.05) is 30.0 Å². The second-order valence-corrected chi connectivity index (χ2v) is 7.90. The van der Waals surface area contributed by atoms with Crippen LogP contribution < -0.4 is 10.6 Å². The lowest BCUT2D eigenvalue weighted by atomic mass is 9.99. The summed E-state index contributed by atoms with van der Waals surface area (Å²) in [6, 6.07) is 5.30. The Morgan fingerprint density at radius 1 is 1.40 bits per heavy atom. The van der Waals surface area contributed by atoms with Crippen LogP contribution in [0, 0.1) is 6.92 Å². The van der Waals surface area contributed by atoms with Gasteiger partial charge in [-0.1, -0.05) is 6.07 Å². The molecule has 3 N–H and O–H groups in total. The number of aryl methyl sites for hydroxylation is 1.